The third-order valence-corrected chi connectivity index (χ3v) is 21.3. The van der Waals surface area contributed by atoms with E-state index in [1.165, 1.54) is 122 Å². The van der Waals surface area contributed by atoms with Crippen LogP contribution in [0.4, 0.5) is 4.79 Å². The number of unbranched alkanes of at least 4 members (excludes halogenated alkanes) is 29. The average Bonchev–Trinajstić information content (AvgIpc) is 0.902. The first-order chi connectivity index (χ1) is 55.1. The van der Waals surface area contributed by atoms with Crippen LogP contribution < -0.4 is 21.3 Å². The average molecular weight is 1600 g/mol. The Hall–Kier alpha value is -6.63. The molecule has 1 aliphatic heterocycles. The fraction of sp³-hybridized carbons (Fsp3) is 0.705. The number of nitrogens with zero attached hydrogens (tertiary/aromatic N) is 4. The third-order valence-electron chi connectivity index (χ3n) is 20.3. The third kappa shape index (κ3) is 56.3. The number of nitrogens with one attached hydrogen (secondary N) is 4. The molecule has 5 N–H and O–H groups in total. The molecule has 1 fully saturated rings. The van der Waals surface area contributed by atoms with Crippen molar-refractivity contribution < 1.29 is 75.8 Å². The van der Waals surface area contributed by atoms with Crippen LogP contribution in [0.15, 0.2) is 91.0 Å². The number of hydrogen-bond acceptors (Lipinski definition) is 19. The number of ketones is 1. The number of ether oxygens (including phenoxy) is 4. The number of phosphoric ester groups is 1. The van der Waals surface area contributed by atoms with Crippen molar-refractivity contribution in [3.63, 3.8) is 0 Å². The number of carbonyl (C=O) groups is 8. The minimum Gasteiger partial charge on any atom is -0.460 e. The summed E-state index contributed by atoms with van der Waals surface area (Å²) in [5.74, 6) is -1.95. The zero-order chi connectivity index (χ0) is 81.1. The molecule has 1 saturated heterocycles. The highest BCUT2D eigenvalue weighted by Gasteiger charge is 2.27. The quantitative estimate of drug-likeness (QED) is 0.0152. The predicted octanol–water partition coefficient (Wildman–Crippen LogP) is 15.4. The molecule has 4 rings (SSSR count). The van der Waals surface area contributed by atoms with E-state index >= 15 is 0 Å². The van der Waals surface area contributed by atoms with Gasteiger partial charge in [0.1, 0.15) is 31.7 Å². The molecule has 0 aliphatic carbocycles. The molecule has 0 saturated carbocycles. The van der Waals surface area contributed by atoms with Gasteiger partial charge in [-0.15, -0.1) is 0 Å². The molecule has 113 heavy (non-hydrogen) atoms. The maximum Gasteiger partial charge on any atom is 0.472 e. The molecule has 0 bridgehead atoms. The second-order valence-corrected chi connectivity index (χ2v) is 31.9. The summed E-state index contributed by atoms with van der Waals surface area (Å²) in [6, 6.07) is 28.1. The van der Waals surface area contributed by atoms with Crippen LogP contribution in [0.5, 0.6) is 0 Å². The Balaban J connectivity index is 1.10. The number of phosphoric acid groups is 1. The molecule has 0 spiro atoms. The van der Waals surface area contributed by atoms with E-state index in [-0.39, 0.29) is 108 Å². The highest BCUT2D eigenvalue weighted by atomic mass is 31.2. The van der Waals surface area contributed by atoms with E-state index in [0.717, 1.165) is 80.9 Å². The Morgan fingerprint density at radius 3 is 1.09 bits per heavy atom. The Morgan fingerprint density at radius 1 is 0.363 bits per heavy atom. The normalized spacial score (nSPS) is 14.2. The number of amides is 4. The molecule has 3 aromatic rings. The van der Waals surface area contributed by atoms with Crippen molar-refractivity contribution in [3.8, 4) is 0 Å². The Labute approximate surface area is 678 Å². The number of Topliss-reactive ketones (excluding diaryl/α,β-unsaturated/α-hetero) is 1. The highest BCUT2D eigenvalue weighted by Crippen LogP contribution is 2.43. The lowest BCUT2D eigenvalue weighted by molar-refractivity contribution is -0.152. The van der Waals surface area contributed by atoms with E-state index in [4.69, 9.17) is 28.0 Å². The van der Waals surface area contributed by atoms with Crippen LogP contribution in [0.1, 0.15) is 275 Å². The monoisotopic (exact) mass is 1600 g/mol. The maximum absolute atomic E-state index is 13.6. The van der Waals surface area contributed by atoms with Crippen molar-refractivity contribution in [1.82, 2.24) is 40.9 Å². The minimum atomic E-state index is -4.60. The van der Waals surface area contributed by atoms with Crippen LogP contribution >= 0.6 is 7.82 Å². The summed E-state index contributed by atoms with van der Waals surface area (Å²) in [5.41, 5.74) is 2.61. The van der Waals surface area contributed by atoms with Gasteiger partial charge in [0, 0.05) is 104 Å². The summed E-state index contributed by atoms with van der Waals surface area (Å²) in [6.07, 6.45) is 36.7. The van der Waals surface area contributed by atoms with Gasteiger partial charge in [0.15, 0.2) is 0 Å². The van der Waals surface area contributed by atoms with E-state index in [9.17, 15) is 47.8 Å². The topological polar surface area (TPSA) is 290 Å². The van der Waals surface area contributed by atoms with Gasteiger partial charge < -0.3 is 45.1 Å². The Bertz CT molecular complexity index is 2940. The second kappa shape index (κ2) is 66.5. The summed E-state index contributed by atoms with van der Waals surface area (Å²) >= 11 is 0. The first-order valence-electron chi connectivity index (χ1n) is 43.4. The van der Waals surface area contributed by atoms with Crippen LogP contribution in [0.25, 0.3) is 0 Å². The minimum absolute atomic E-state index is 0.000937. The molecule has 0 aromatic heterocycles. The number of urea groups is 1. The first-order valence-corrected chi connectivity index (χ1v) is 44.9. The van der Waals surface area contributed by atoms with Crippen LogP contribution in [0.3, 0.4) is 0 Å². The number of esters is 4. The van der Waals surface area contributed by atoms with Crippen molar-refractivity contribution in [1.29, 1.82) is 0 Å². The maximum atomic E-state index is 13.6. The van der Waals surface area contributed by atoms with Crippen molar-refractivity contribution in [2.24, 2.45) is 0 Å². The molecule has 1 unspecified atom stereocenters. The zero-order valence-corrected chi connectivity index (χ0v) is 70.2. The molecule has 3 aromatic carbocycles. The SMILES string of the molecule is CCCCCCCCCCCCCCCC(=O)CC[C@@H](COP(=O)(O)OCCNC(=O)CCCCCNC(=O)NCCCCCCNC(=O)CN1CCN(CC(=O)OCc2ccccc2)CCN(CC(=O)OCc2ccccc2)CCN(CC(=O)OCc2ccccc2)CC1)OC(=O)CCCCCCCCCCCCCCC. The van der Waals surface area contributed by atoms with Gasteiger partial charge >= 0.3 is 37.7 Å². The lowest BCUT2D eigenvalue weighted by atomic mass is 10.0. The van der Waals surface area contributed by atoms with E-state index in [0.29, 0.717) is 104 Å². The van der Waals surface area contributed by atoms with Gasteiger partial charge in [-0.05, 0) is 61.6 Å². The van der Waals surface area contributed by atoms with Crippen LogP contribution in [-0.2, 0) is 85.9 Å². The van der Waals surface area contributed by atoms with Crippen molar-refractivity contribution in [2.45, 2.75) is 284 Å². The van der Waals surface area contributed by atoms with Gasteiger partial charge in [-0.3, -0.25) is 62.2 Å². The number of carbonyl (C=O) groups excluding carboxylic acids is 8. The van der Waals surface area contributed by atoms with Crippen molar-refractivity contribution in [3.05, 3.63) is 108 Å². The second-order valence-electron chi connectivity index (χ2n) is 30.4. The molecule has 1 heterocycles. The summed E-state index contributed by atoms with van der Waals surface area (Å²) in [6.45, 7) is 8.96. The van der Waals surface area contributed by atoms with E-state index < -0.39 is 44.4 Å². The number of hydrogen-bond donors (Lipinski definition) is 5. The molecule has 2 atom stereocenters. The van der Waals surface area contributed by atoms with E-state index in [1.54, 1.807) is 0 Å². The summed E-state index contributed by atoms with van der Waals surface area (Å²) in [5, 5.41) is 11.5. The van der Waals surface area contributed by atoms with Crippen LogP contribution in [0.2, 0.25) is 0 Å². The van der Waals surface area contributed by atoms with Gasteiger partial charge in [0.2, 0.25) is 11.8 Å². The number of rotatable bonds is 66. The molecule has 638 valence electrons. The van der Waals surface area contributed by atoms with Gasteiger partial charge in [0.05, 0.1) is 39.4 Å². The number of benzene rings is 3. The molecule has 4 amide bonds. The summed E-state index contributed by atoms with van der Waals surface area (Å²) in [7, 11) is -4.60. The van der Waals surface area contributed by atoms with Gasteiger partial charge in [-0.25, -0.2) is 9.36 Å². The molecular formula is C88H145N8O16P. The molecule has 25 heteroatoms. The first kappa shape index (κ1) is 98.7. The molecule has 1 aliphatic rings. The van der Waals surface area contributed by atoms with E-state index in [2.05, 4.69) is 35.1 Å². The summed E-state index contributed by atoms with van der Waals surface area (Å²) < 4.78 is 46.3. The van der Waals surface area contributed by atoms with Crippen LogP contribution in [-0.4, -0.2) is 196 Å². The van der Waals surface area contributed by atoms with Crippen molar-refractivity contribution >= 4 is 55.3 Å². The van der Waals surface area contributed by atoms with Gasteiger partial charge in [-0.1, -0.05) is 278 Å². The Morgan fingerprint density at radius 2 is 0.690 bits per heavy atom. The Kier molecular flexibility index (Phi) is 58.1. The zero-order valence-electron chi connectivity index (χ0n) is 69.3. The lowest BCUT2D eigenvalue weighted by Crippen LogP contribution is -2.50. The summed E-state index contributed by atoms with van der Waals surface area (Å²) in [4.78, 5) is 123. The van der Waals surface area contributed by atoms with Crippen molar-refractivity contribution in [2.75, 3.05) is 118 Å². The fourth-order valence-electron chi connectivity index (χ4n) is 13.4. The molecular weight excluding hydrogens is 1460 g/mol. The van der Waals surface area contributed by atoms with Crippen LogP contribution in [0, 0.1) is 0 Å². The predicted molar refractivity (Wildman–Crippen MR) is 445 cm³/mol. The molecule has 24 nitrogen and oxygen atoms in total. The fourth-order valence-corrected chi connectivity index (χ4v) is 14.2. The largest absolute Gasteiger partial charge is 0.472 e. The highest BCUT2D eigenvalue weighted by molar-refractivity contribution is 7.47. The molecule has 0 radical (unpaired) electrons. The van der Waals surface area contributed by atoms with Gasteiger partial charge in [-0.2, -0.15) is 0 Å². The standard InChI is InChI=1S/C88H145N8O16P/c1-3-5-7-9-11-13-15-17-19-21-23-25-39-51-80(97)54-55-81(112-84(100)53-41-26-24-22-20-18-16-14-12-10-8-6-4-2)76-111-113(105,106)110-68-59-90-82(98)52-40-32-44-58-92-88(104)91-57-43-28-27-42-56-89-83(99)69-93-60-62-94(70-85(101)107-73-77-45-33-29-34-46-77)64-66-96(72-87(103)109-75-79-49-37-31-38-50-79)67-65-95(63-61-93)71-86(102)108-74-78-47-35-30-36-48-78/h29-31,33-38,45-50,81H,3-28,32,39-44,51-76H2,1-2H3,(H,89,99)(H,90,98)(H,105,106)(H2,91,92,104)/t81-/m0/s1. The smallest absolute Gasteiger partial charge is 0.460 e. The van der Waals surface area contributed by atoms with E-state index in [1.807, 2.05) is 111 Å². The van der Waals surface area contributed by atoms with Gasteiger partial charge in [0.25, 0.3) is 0 Å². The lowest BCUT2D eigenvalue weighted by Gasteiger charge is -2.33.